The van der Waals surface area contributed by atoms with Crippen molar-refractivity contribution in [2.45, 2.75) is 50.8 Å². The van der Waals surface area contributed by atoms with Crippen LogP contribution in [0.5, 0.6) is 0 Å². The number of aliphatic imine (C=N–C) groups is 1. The first kappa shape index (κ1) is 22.8. The highest BCUT2D eigenvalue weighted by atomic mass is 35.5. The minimum absolute atomic E-state index is 0.331. The number of hydrogen-bond donors (Lipinski definition) is 4. The van der Waals surface area contributed by atoms with Crippen molar-refractivity contribution in [3.8, 4) is 0 Å². The molecule has 0 amide bonds. The maximum Gasteiger partial charge on any atom is 0.119 e. The van der Waals surface area contributed by atoms with Gasteiger partial charge in [-0.25, -0.2) is 0 Å². The summed E-state index contributed by atoms with van der Waals surface area (Å²) in [6.07, 6.45) is 8.01. The number of para-hydroxylation sites is 1. The minimum Gasteiger partial charge on any atom is -0.384 e. The van der Waals surface area contributed by atoms with E-state index in [2.05, 4.69) is 10.3 Å². The summed E-state index contributed by atoms with van der Waals surface area (Å²) in [6.45, 7) is 4.66. The quantitative estimate of drug-likeness (QED) is 0.315. The molecule has 0 bridgehead atoms. The molecule has 0 atom stereocenters. The Kier molecular flexibility index (Phi) is 11.4. The molecule has 0 saturated heterocycles. The lowest BCUT2D eigenvalue weighted by Crippen LogP contribution is -2.24. The van der Waals surface area contributed by atoms with E-state index in [4.69, 9.17) is 27.6 Å². The van der Waals surface area contributed by atoms with Crippen LogP contribution in [0.3, 0.4) is 0 Å². The number of halogens is 1. The van der Waals surface area contributed by atoms with Gasteiger partial charge < -0.3 is 21.3 Å². The second-order valence-corrected chi connectivity index (χ2v) is 8.14. The minimum atomic E-state index is 0.331. The zero-order valence-electron chi connectivity index (χ0n) is 15.6. The van der Waals surface area contributed by atoms with Crippen LogP contribution in [0.25, 0.3) is 0 Å². The van der Waals surface area contributed by atoms with Gasteiger partial charge in [0.15, 0.2) is 0 Å². The number of nitrogens with two attached hydrogens (primary N) is 2. The van der Waals surface area contributed by atoms with E-state index < -0.39 is 0 Å². The number of nitrogens with one attached hydrogen (secondary N) is 1. The summed E-state index contributed by atoms with van der Waals surface area (Å²) < 4.78 is 8.06. The van der Waals surface area contributed by atoms with Crippen LogP contribution in [-0.4, -0.2) is 28.2 Å². The van der Waals surface area contributed by atoms with Crippen LogP contribution in [-0.2, 0) is 0 Å². The summed E-state index contributed by atoms with van der Waals surface area (Å²) in [7, 11) is 0. The first-order valence-electron chi connectivity index (χ1n) is 8.97. The van der Waals surface area contributed by atoms with Crippen molar-refractivity contribution in [3.05, 3.63) is 41.6 Å². The van der Waals surface area contributed by atoms with Gasteiger partial charge in [-0.15, -0.1) is 0 Å². The number of rotatable bonds is 6. The Labute approximate surface area is 166 Å². The zero-order valence-corrected chi connectivity index (χ0v) is 17.1. The van der Waals surface area contributed by atoms with Crippen molar-refractivity contribution in [2.24, 2.45) is 22.4 Å². The van der Waals surface area contributed by atoms with Crippen LogP contribution in [0.15, 0.2) is 41.5 Å². The van der Waals surface area contributed by atoms with Crippen LogP contribution in [0.4, 0.5) is 5.69 Å². The molecular weight excluding hydrogens is 368 g/mol. The molecule has 0 aliphatic heterocycles. The fraction of sp³-hybridized carbons (Fsp3) is 0.526. The molecule has 1 aliphatic rings. The normalized spacial score (nSPS) is 20.8. The van der Waals surface area contributed by atoms with E-state index in [9.17, 15) is 0 Å². The van der Waals surface area contributed by atoms with E-state index in [0.717, 1.165) is 50.0 Å². The molecule has 0 aromatic heterocycles. The third kappa shape index (κ3) is 9.48. The number of benzene rings is 1. The first-order chi connectivity index (χ1) is 12.5. The molecule has 5 nitrogen and oxygen atoms in total. The summed E-state index contributed by atoms with van der Waals surface area (Å²) >= 11 is 6.93. The highest BCUT2D eigenvalue weighted by molar-refractivity contribution is 7.94. The Morgan fingerprint density at radius 3 is 2.50 bits per heavy atom. The second kappa shape index (κ2) is 13.0. The van der Waals surface area contributed by atoms with Gasteiger partial charge in [-0.3, -0.25) is 4.99 Å². The Morgan fingerprint density at radius 1 is 1.35 bits per heavy atom. The Hall–Kier alpha value is -1.21. The van der Waals surface area contributed by atoms with E-state index in [1.54, 1.807) is 12.3 Å². The largest absolute Gasteiger partial charge is 0.384 e. The predicted molar refractivity (Wildman–Crippen MR) is 116 cm³/mol. The molecule has 26 heavy (non-hydrogen) atoms. The molecule has 0 unspecified atom stereocenters. The number of hydrogen-bond acceptors (Lipinski definition) is 5. The van der Waals surface area contributed by atoms with Crippen LogP contribution < -0.4 is 16.8 Å². The van der Waals surface area contributed by atoms with Crippen molar-refractivity contribution >= 4 is 35.2 Å². The summed E-state index contributed by atoms with van der Waals surface area (Å²) in [5, 5.41) is 4.14. The van der Waals surface area contributed by atoms with E-state index in [1.807, 2.05) is 38.1 Å². The molecule has 0 spiro atoms. The van der Waals surface area contributed by atoms with Crippen molar-refractivity contribution in [1.29, 1.82) is 0 Å². The van der Waals surface area contributed by atoms with E-state index in [0.29, 0.717) is 28.1 Å². The molecule has 146 valence electrons. The topological polar surface area (TPSA) is 96.7 Å². The molecule has 1 aromatic rings. The molecule has 1 saturated carbocycles. The monoisotopic (exact) mass is 398 g/mol. The average Bonchev–Trinajstić information content (AvgIpc) is 2.64. The fourth-order valence-corrected chi connectivity index (χ4v) is 2.75. The van der Waals surface area contributed by atoms with E-state index >= 15 is 0 Å². The molecule has 2 rings (SSSR count). The molecule has 1 aliphatic carbocycles. The molecular formula is C19H31ClN4OS. The molecule has 0 radical (unpaired) electrons. The Balaban J connectivity index is 0.000000597. The summed E-state index contributed by atoms with van der Waals surface area (Å²) in [6, 6.07) is 7.90. The SMILES string of the molecule is CC(C)SO.NCC1CCC(N=C(N)/C=C\Nc2ccccc2Cl)CC1. The molecule has 1 fully saturated rings. The van der Waals surface area contributed by atoms with Gasteiger partial charge in [0.1, 0.15) is 5.84 Å². The highest BCUT2D eigenvalue weighted by Crippen LogP contribution is 2.25. The molecule has 1 aromatic carbocycles. The van der Waals surface area contributed by atoms with Gasteiger partial charge in [0.05, 0.1) is 16.8 Å². The molecule has 6 N–H and O–H groups in total. The maximum atomic E-state index is 8.06. The van der Waals surface area contributed by atoms with Crippen molar-refractivity contribution in [2.75, 3.05) is 11.9 Å². The van der Waals surface area contributed by atoms with Gasteiger partial charge in [-0.2, -0.15) is 0 Å². The van der Waals surface area contributed by atoms with Gasteiger partial charge in [0.25, 0.3) is 0 Å². The zero-order chi connectivity index (χ0) is 19.4. The lowest BCUT2D eigenvalue weighted by Gasteiger charge is -2.25. The third-order valence-corrected chi connectivity index (χ3v) is 4.81. The summed E-state index contributed by atoms with van der Waals surface area (Å²) in [5.41, 5.74) is 12.5. The van der Waals surface area contributed by atoms with E-state index in [1.165, 1.54) is 0 Å². The standard InChI is InChI=1S/C16H23ClN4.C3H8OS/c17-14-3-1-2-4-15(14)20-10-9-16(19)21-13-7-5-12(11-18)6-8-13;1-3(2)5-4/h1-4,9-10,12-13,20H,5-8,11,18H2,(H2,19,21);3-4H,1-2H3/b10-9-;. The first-order valence-corrected chi connectivity index (χ1v) is 10.2. The lowest BCUT2D eigenvalue weighted by molar-refractivity contribution is 0.334. The van der Waals surface area contributed by atoms with Crippen molar-refractivity contribution in [3.63, 3.8) is 0 Å². The summed E-state index contributed by atoms with van der Waals surface area (Å²) in [5.74, 6) is 1.21. The van der Waals surface area contributed by atoms with Crippen LogP contribution in [0, 0.1) is 5.92 Å². The van der Waals surface area contributed by atoms with Crippen molar-refractivity contribution < 1.29 is 4.55 Å². The van der Waals surface area contributed by atoms with Crippen LogP contribution in [0.1, 0.15) is 39.5 Å². The van der Waals surface area contributed by atoms with Gasteiger partial charge in [0.2, 0.25) is 0 Å². The summed E-state index contributed by atoms with van der Waals surface area (Å²) in [4.78, 5) is 4.55. The van der Waals surface area contributed by atoms with Gasteiger partial charge in [-0.1, -0.05) is 37.6 Å². The van der Waals surface area contributed by atoms with Crippen molar-refractivity contribution in [1.82, 2.24) is 0 Å². The van der Waals surface area contributed by atoms with Crippen LogP contribution in [0.2, 0.25) is 5.02 Å². The second-order valence-electron chi connectivity index (χ2n) is 6.58. The van der Waals surface area contributed by atoms with Gasteiger partial charge in [-0.05, 0) is 68.4 Å². The molecule has 7 heteroatoms. The molecule has 0 heterocycles. The van der Waals surface area contributed by atoms with E-state index in [-0.39, 0.29) is 0 Å². The fourth-order valence-electron chi connectivity index (χ4n) is 2.56. The smallest absolute Gasteiger partial charge is 0.119 e. The van der Waals surface area contributed by atoms with Gasteiger partial charge in [0, 0.05) is 11.4 Å². The Bertz CT molecular complexity index is 572. The number of nitrogens with zero attached hydrogens (tertiary/aromatic N) is 1. The predicted octanol–water partition coefficient (Wildman–Crippen LogP) is 4.74. The van der Waals surface area contributed by atoms with Crippen LogP contribution >= 0.6 is 23.6 Å². The third-order valence-electron chi connectivity index (χ3n) is 4.06. The highest BCUT2D eigenvalue weighted by Gasteiger charge is 2.19. The Morgan fingerprint density at radius 2 is 1.96 bits per heavy atom. The maximum absolute atomic E-state index is 8.06. The average molecular weight is 399 g/mol. The number of anilines is 1. The number of amidine groups is 1. The lowest BCUT2D eigenvalue weighted by atomic mass is 9.86. The van der Waals surface area contributed by atoms with Gasteiger partial charge >= 0.3 is 0 Å².